The first-order chi connectivity index (χ1) is 14.7. The molecule has 0 saturated heterocycles. The molecule has 2 aromatic carbocycles. The van der Waals surface area contributed by atoms with E-state index in [0.717, 1.165) is 23.7 Å². The Morgan fingerprint density at radius 2 is 1.73 bits per heavy atom. The Kier molecular flexibility index (Phi) is 5.99. The Morgan fingerprint density at radius 3 is 2.43 bits per heavy atom. The topological polar surface area (TPSA) is 47.6 Å². The standard InChI is InChI=1S/C25H24N2O3/c1-29-23-13-11-21(12-14-23)25(28)27(19-24-10-6-16-30-24)18-22-9-5-15-26(22)17-20-7-3-2-4-8-20/h2-16H,17-19H2,1H3. The van der Waals surface area contributed by atoms with Gasteiger partial charge in [-0.1, -0.05) is 30.3 Å². The predicted octanol–water partition coefficient (Wildman–Crippen LogP) is 4.98. The maximum Gasteiger partial charge on any atom is 0.254 e. The second-order valence-electron chi connectivity index (χ2n) is 7.08. The summed E-state index contributed by atoms with van der Waals surface area (Å²) in [6, 6.07) is 25.3. The fourth-order valence-corrected chi connectivity index (χ4v) is 3.43. The fraction of sp³-hybridized carbons (Fsp3) is 0.160. The third-order valence-corrected chi connectivity index (χ3v) is 5.02. The third-order valence-electron chi connectivity index (χ3n) is 5.02. The number of carbonyl (C=O) groups is 1. The average Bonchev–Trinajstić information content (AvgIpc) is 3.46. The fourth-order valence-electron chi connectivity index (χ4n) is 3.43. The number of amides is 1. The molecule has 0 fully saturated rings. The van der Waals surface area contributed by atoms with Crippen LogP contribution in [-0.2, 0) is 19.6 Å². The van der Waals surface area contributed by atoms with E-state index in [2.05, 4.69) is 22.8 Å². The molecular weight excluding hydrogens is 376 g/mol. The second kappa shape index (κ2) is 9.18. The van der Waals surface area contributed by atoms with Gasteiger partial charge in [-0.25, -0.2) is 0 Å². The molecule has 0 aliphatic rings. The monoisotopic (exact) mass is 400 g/mol. The minimum absolute atomic E-state index is 0.0542. The van der Waals surface area contributed by atoms with E-state index in [-0.39, 0.29) is 5.91 Å². The van der Waals surface area contributed by atoms with Gasteiger partial charge in [0, 0.05) is 24.0 Å². The van der Waals surface area contributed by atoms with Gasteiger partial charge in [0.2, 0.25) is 0 Å². The zero-order chi connectivity index (χ0) is 20.8. The second-order valence-corrected chi connectivity index (χ2v) is 7.08. The van der Waals surface area contributed by atoms with Crippen molar-refractivity contribution >= 4 is 5.91 Å². The van der Waals surface area contributed by atoms with Crippen LogP contribution < -0.4 is 4.74 Å². The molecule has 1 amide bonds. The molecule has 4 rings (SSSR count). The lowest BCUT2D eigenvalue weighted by Crippen LogP contribution is -2.31. The number of ether oxygens (including phenoxy) is 1. The summed E-state index contributed by atoms with van der Waals surface area (Å²) in [4.78, 5) is 15.1. The Balaban J connectivity index is 1.57. The van der Waals surface area contributed by atoms with E-state index in [4.69, 9.17) is 9.15 Å². The van der Waals surface area contributed by atoms with Gasteiger partial charge in [-0.3, -0.25) is 4.79 Å². The molecular formula is C25H24N2O3. The highest BCUT2D eigenvalue weighted by Gasteiger charge is 2.19. The number of nitrogens with zero attached hydrogens (tertiary/aromatic N) is 2. The zero-order valence-electron chi connectivity index (χ0n) is 16.9. The number of rotatable bonds is 8. The smallest absolute Gasteiger partial charge is 0.254 e. The minimum atomic E-state index is -0.0542. The van der Waals surface area contributed by atoms with Crippen molar-refractivity contribution in [3.05, 3.63) is 114 Å². The first kappa shape index (κ1) is 19.6. The number of methoxy groups -OCH3 is 1. The van der Waals surface area contributed by atoms with Gasteiger partial charge >= 0.3 is 0 Å². The highest BCUT2D eigenvalue weighted by atomic mass is 16.5. The summed E-state index contributed by atoms with van der Waals surface area (Å²) in [6.07, 6.45) is 3.68. The predicted molar refractivity (Wildman–Crippen MR) is 115 cm³/mol. The molecule has 5 nitrogen and oxygen atoms in total. The number of carbonyl (C=O) groups excluding carboxylic acids is 1. The minimum Gasteiger partial charge on any atom is -0.497 e. The summed E-state index contributed by atoms with van der Waals surface area (Å²) in [5, 5.41) is 0. The van der Waals surface area contributed by atoms with Crippen molar-refractivity contribution in [3.63, 3.8) is 0 Å². The van der Waals surface area contributed by atoms with Crippen molar-refractivity contribution in [1.29, 1.82) is 0 Å². The van der Waals surface area contributed by atoms with Crippen molar-refractivity contribution in [2.45, 2.75) is 19.6 Å². The molecule has 2 aromatic heterocycles. The van der Waals surface area contributed by atoms with Crippen molar-refractivity contribution < 1.29 is 13.9 Å². The number of aromatic nitrogens is 1. The molecule has 0 aliphatic heterocycles. The van der Waals surface area contributed by atoms with Crippen LogP contribution in [0.1, 0.15) is 27.4 Å². The lowest BCUT2D eigenvalue weighted by Gasteiger charge is -2.23. The van der Waals surface area contributed by atoms with Crippen LogP contribution in [0.25, 0.3) is 0 Å². The number of benzene rings is 2. The molecule has 0 aliphatic carbocycles. The lowest BCUT2D eigenvalue weighted by atomic mass is 10.1. The van der Waals surface area contributed by atoms with E-state index in [1.807, 2.05) is 42.6 Å². The van der Waals surface area contributed by atoms with E-state index in [1.54, 1.807) is 42.5 Å². The molecule has 5 heteroatoms. The summed E-state index contributed by atoms with van der Waals surface area (Å²) in [5.41, 5.74) is 2.89. The lowest BCUT2D eigenvalue weighted by molar-refractivity contribution is 0.0713. The summed E-state index contributed by atoms with van der Waals surface area (Å²) >= 11 is 0. The highest BCUT2D eigenvalue weighted by molar-refractivity contribution is 5.94. The first-order valence-electron chi connectivity index (χ1n) is 9.86. The molecule has 152 valence electrons. The number of hydrogen-bond donors (Lipinski definition) is 0. The Labute approximate surface area is 176 Å². The quantitative estimate of drug-likeness (QED) is 0.419. The van der Waals surface area contributed by atoms with Crippen LogP contribution in [0.4, 0.5) is 0 Å². The molecule has 0 saturated carbocycles. The first-order valence-corrected chi connectivity index (χ1v) is 9.86. The maximum atomic E-state index is 13.3. The third kappa shape index (κ3) is 4.63. The summed E-state index contributed by atoms with van der Waals surface area (Å²) < 4.78 is 12.9. The van der Waals surface area contributed by atoms with Gasteiger partial charge < -0.3 is 18.6 Å². The number of furan rings is 1. The van der Waals surface area contributed by atoms with Crippen molar-refractivity contribution in [1.82, 2.24) is 9.47 Å². The van der Waals surface area contributed by atoms with Gasteiger partial charge in [-0.05, 0) is 54.1 Å². The van der Waals surface area contributed by atoms with Crippen LogP contribution in [0, 0.1) is 0 Å². The molecule has 30 heavy (non-hydrogen) atoms. The van der Waals surface area contributed by atoms with Crippen LogP contribution in [-0.4, -0.2) is 22.5 Å². The van der Waals surface area contributed by atoms with E-state index in [9.17, 15) is 4.79 Å². The van der Waals surface area contributed by atoms with Crippen LogP contribution in [0.15, 0.2) is 95.7 Å². The van der Waals surface area contributed by atoms with Gasteiger partial charge in [0.15, 0.2) is 0 Å². The number of hydrogen-bond acceptors (Lipinski definition) is 3. The highest BCUT2D eigenvalue weighted by Crippen LogP contribution is 2.18. The van der Waals surface area contributed by atoms with Crippen LogP contribution >= 0.6 is 0 Å². The Morgan fingerprint density at radius 1 is 0.933 bits per heavy atom. The normalized spacial score (nSPS) is 10.7. The molecule has 0 bridgehead atoms. The molecule has 0 N–H and O–H groups in total. The molecule has 2 heterocycles. The molecule has 0 spiro atoms. The summed E-state index contributed by atoms with van der Waals surface area (Å²) in [7, 11) is 1.61. The molecule has 0 atom stereocenters. The Bertz CT molecular complexity index is 1070. The zero-order valence-corrected chi connectivity index (χ0v) is 16.9. The summed E-state index contributed by atoms with van der Waals surface area (Å²) in [5.74, 6) is 1.42. The van der Waals surface area contributed by atoms with Gasteiger partial charge in [0.25, 0.3) is 5.91 Å². The molecule has 4 aromatic rings. The van der Waals surface area contributed by atoms with E-state index in [0.29, 0.717) is 18.7 Å². The van der Waals surface area contributed by atoms with Crippen LogP contribution in [0.2, 0.25) is 0 Å². The molecule has 0 unspecified atom stereocenters. The maximum absolute atomic E-state index is 13.3. The Hall–Kier alpha value is -3.73. The van der Waals surface area contributed by atoms with Crippen molar-refractivity contribution in [2.24, 2.45) is 0 Å². The SMILES string of the molecule is COc1ccc(C(=O)N(Cc2ccco2)Cc2cccn2Cc2ccccc2)cc1. The largest absolute Gasteiger partial charge is 0.497 e. The van der Waals surface area contributed by atoms with Crippen LogP contribution in [0.5, 0.6) is 5.75 Å². The van der Waals surface area contributed by atoms with E-state index < -0.39 is 0 Å². The van der Waals surface area contributed by atoms with E-state index in [1.165, 1.54) is 5.56 Å². The van der Waals surface area contributed by atoms with Crippen molar-refractivity contribution in [2.75, 3.05) is 7.11 Å². The van der Waals surface area contributed by atoms with Gasteiger partial charge in [0.05, 0.1) is 26.5 Å². The van der Waals surface area contributed by atoms with E-state index >= 15 is 0 Å². The van der Waals surface area contributed by atoms with Gasteiger partial charge in [-0.2, -0.15) is 0 Å². The molecule has 0 radical (unpaired) electrons. The summed E-state index contributed by atoms with van der Waals surface area (Å²) in [6.45, 7) is 1.63. The average molecular weight is 400 g/mol. The van der Waals surface area contributed by atoms with Crippen LogP contribution in [0.3, 0.4) is 0 Å². The van der Waals surface area contributed by atoms with Gasteiger partial charge in [-0.15, -0.1) is 0 Å². The van der Waals surface area contributed by atoms with Gasteiger partial charge in [0.1, 0.15) is 11.5 Å². The van der Waals surface area contributed by atoms with Crippen molar-refractivity contribution in [3.8, 4) is 5.75 Å².